The first-order chi connectivity index (χ1) is 20.1. The van der Waals surface area contributed by atoms with Crippen molar-refractivity contribution in [1.82, 2.24) is 0 Å². The van der Waals surface area contributed by atoms with Gasteiger partial charge in [-0.2, -0.15) is 0 Å². The summed E-state index contributed by atoms with van der Waals surface area (Å²) in [5.74, 6) is 1.91. The lowest BCUT2D eigenvalue weighted by Gasteiger charge is -2.30. The van der Waals surface area contributed by atoms with Crippen molar-refractivity contribution in [3.8, 4) is 56.0 Å². The van der Waals surface area contributed by atoms with Gasteiger partial charge in [-0.3, -0.25) is 0 Å². The summed E-state index contributed by atoms with van der Waals surface area (Å²) in [5.41, 5.74) is 17.7. The third-order valence-electron chi connectivity index (χ3n) is 8.84. The van der Waals surface area contributed by atoms with Gasteiger partial charge in [0, 0.05) is 0 Å². The van der Waals surface area contributed by atoms with Crippen LogP contribution in [-0.2, 0) is 0 Å². The van der Waals surface area contributed by atoms with E-state index in [-0.39, 0.29) is 6.71 Å². The Balaban J connectivity index is 1.45. The second-order valence-corrected chi connectivity index (χ2v) is 11.5. The lowest BCUT2D eigenvalue weighted by atomic mass is 9.35. The van der Waals surface area contributed by atoms with Crippen LogP contribution in [0.2, 0.25) is 0 Å². The molecule has 0 bridgehead atoms. The Morgan fingerprint density at radius 3 is 1.22 bits per heavy atom. The van der Waals surface area contributed by atoms with Gasteiger partial charge in [0.25, 0.3) is 6.71 Å². The number of benzene rings is 6. The quantitative estimate of drug-likeness (QED) is 0.197. The van der Waals surface area contributed by atoms with Crippen LogP contribution in [0.15, 0.2) is 121 Å². The zero-order chi connectivity index (χ0) is 27.7. The summed E-state index contributed by atoms with van der Waals surface area (Å²) in [4.78, 5) is 0. The van der Waals surface area contributed by atoms with Crippen LogP contribution in [0, 0.1) is 20.8 Å². The topological polar surface area (TPSA) is 9.23 Å². The summed E-state index contributed by atoms with van der Waals surface area (Å²) >= 11 is 0. The minimum absolute atomic E-state index is 0.0837. The first-order valence-corrected chi connectivity index (χ1v) is 14.4. The van der Waals surface area contributed by atoms with Crippen molar-refractivity contribution < 1.29 is 4.74 Å². The highest BCUT2D eigenvalue weighted by atomic mass is 16.5. The van der Waals surface area contributed by atoms with Crippen LogP contribution >= 0.6 is 0 Å². The van der Waals surface area contributed by atoms with E-state index in [2.05, 4.69) is 142 Å². The largest absolute Gasteiger partial charge is 0.458 e. The Hall–Kier alpha value is -4.82. The van der Waals surface area contributed by atoms with Crippen LogP contribution in [0.4, 0.5) is 0 Å². The van der Waals surface area contributed by atoms with E-state index in [9.17, 15) is 0 Å². The van der Waals surface area contributed by atoms with Gasteiger partial charge in [0.1, 0.15) is 11.5 Å². The van der Waals surface area contributed by atoms with Crippen molar-refractivity contribution in [2.45, 2.75) is 20.8 Å². The zero-order valence-corrected chi connectivity index (χ0v) is 23.5. The van der Waals surface area contributed by atoms with Crippen molar-refractivity contribution in [1.29, 1.82) is 0 Å². The Bertz CT molecular complexity index is 1970. The molecule has 194 valence electrons. The molecule has 0 saturated heterocycles. The monoisotopic (exact) mass is 524 g/mol. The number of hydrogen-bond acceptors (Lipinski definition) is 1. The van der Waals surface area contributed by atoms with Gasteiger partial charge >= 0.3 is 0 Å². The van der Waals surface area contributed by atoms with Crippen molar-refractivity contribution in [3.05, 3.63) is 138 Å². The summed E-state index contributed by atoms with van der Waals surface area (Å²) in [6.07, 6.45) is 0. The van der Waals surface area contributed by atoms with Crippen molar-refractivity contribution >= 4 is 23.1 Å². The SMILES string of the molecule is Cc1ccc2c(c1)Oc1cc(C)ccc1B2c1cc2c(cc1C)-c1ccccc1-c1ccccc1-c1ccccc1-2. The lowest BCUT2D eigenvalue weighted by molar-refractivity contribution is 0.486. The predicted octanol–water partition coefficient (Wildman–Crippen LogP) is 8.22. The van der Waals surface area contributed by atoms with E-state index in [0.717, 1.165) is 11.5 Å². The van der Waals surface area contributed by atoms with Gasteiger partial charge in [-0.15, -0.1) is 0 Å². The van der Waals surface area contributed by atoms with Crippen LogP contribution in [0.3, 0.4) is 0 Å². The minimum Gasteiger partial charge on any atom is -0.458 e. The normalized spacial score (nSPS) is 12.4. The van der Waals surface area contributed by atoms with Crippen LogP contribution in [0.25, 0.3) is 44.5 Å². The summed E-state index contributed by atoms with van der Waals surface area (Å²) in [5, 5.41) is 0. The maximum absolute atomic E-state index is 6.52. The smallest absolute Gasteiger partial charge is 0.251 e. The molecular formula is C39H29BO. The molecule has 0 atom stereocenters. The van der Waals surface area contributed by atoms with Gasteiger partial charge in [0.05, 0.1) is 0 Å². The van der Waals surface area contributed by atoms with Gasteiger partial charge in [-0.05, 0) is 99.5 Å². The van der Waals surface area contributed by atoms with E-state index in [1.54, 1.807) is 0 Å². The molecule has 0 fully saturated rings. The predicted molar refractivity (Wildman–Crippen MR) is 174 cm³/mol. The highest BCUT2D eigenvalue weighted by molar-refractivity contribution is 6.97. The molecule has 41 heavy (non-hydrogen) atoms. The molecule has 1 aliphatic carbocycles. The maximum atomic E-state index is 6.52. The molecule has 6 aromatic rings. The van der Waals surface area contributed by atoms with E-state index >= 15 is 0 Å². The molecule has 1 aliphatic heterocycles. The van der Waals surface area contributed by atoms with Gasteiger partial charge in [-0.1, -0.05) is 120 Å². The van der Waals surface area contributed by atoms with Crippen molar-refractivity contribution in [3.63, 3.8) is 0 Å². The van der Waals surface area contributed by atoms with Crippen LogP contribution in [0.1, 0.15) is 16.7 Å². The van der Waals surface area contributed by atoms with Crippen molar-refractivity contribution in [2.75, 3.05) is 0 Å². The van der Waals surface area contributed by atoms with Gasteiger partial charge in [-0.25, -0.2) is 0 Å². The second kappa shape index (κ2) is 9.11. The fourth-order valence-electron chi connectivity index (χ4n) is 6.90. The fourth-order valence-corrected chi connectivity index (χ4v) is 6.90. The number of fused-ring (bicyclic) bond motifs is 10. The third-order valence-corrected chi connectivity index (χ3v) is 8.84. The average molecular weight is 524 g/mol. The Labute approximate surface area is 242 Å². The van der Waals surface area contributed by atoms with Crippen LogP contribution in [0.5, 0.6) is 11.5 Å². The third kappa shape index (κ3) is 3.71. The summed E-state index contributed by atoms with van der Waals surface area (Å²) in [6, 6.07) is 44.8. The number of hydrogen-bond donors (Lipinski definition) is 0. The molecule has 0 unspecified atom stereocenters. The molecule has 0 aromatic heterocycles. The first-order valence-electron chi connectivity index (χ1n) is 14.4. The second-order valence-electron chi connectivity index (χ2n) is 11.5. The van der Waals surface area contributed by atoms with Crippen LogP contribution in [-0.4, -0.2) is 6.71 Å². The molecule has 0 saturated carbocycles. The molecule has 6 aromatic carbocycles. The summed E-state index contributed by atoms with van der Waals surface area (Å²) in [6.45, 7) is 6.62. The maximum Gasteiger partial charge on any atom is 0.251 e. The molecule has 1 nitrogen and oxygen atoms in total. The van der Waals surface area contributed by atoms with Crippen LogP contribution < -0.4 is 21.1 Å². The van der Waals surface area contributed by atoms with E-state index in [1.807, 2.05) is 0 Å². The zero-order valence-electron chi connectivity index (χ0n) is 23.5. The highest BCUT2D eigenvalue weighted by Crippen LogP contribution is 2.47. The lowest BCUT2D eigenvalue weighted by Crippen LogP contribution is -2.55. The number of rotatable bonds is 1. The van der Waals surface area contributed by atoms with Crippen molar-refractivity contribution in [2.24, 2.45) is 0 Å². The van der Waals surface area contributed by atoms with E-state index in [0.29, 0.717) is 0 Å². The molecule has 0 spiro atoms. The highest BCUT2D eigenvalue weighted by Gasteiger charge is 2.34. The number of ether oxygens (including phenoxy) is 1. The number of aryl methyl sites for hydroxylation is 3. The molecule has 8 rings (SSSR count). The molecule has 1 heterocycles. The molecular weight excluding hydrogens is 495 g/mol. The summed E-state index contributed by atoms with van der Waals surface area (Å²) in [7, 11) is 0. The minimum atomic E-state index is 0.0837. The van der Waals surface area contributed by atoms with Gasteiger partial charge < -0.3 is 4.74 Å². The van der Waals surface area contributed by atoms with E-state index in [4.69, 9.17) is 4.74 Å². The van der Waals surface area contributed by atoms with E-state index in [1.165, 1.54) is 77.6 Å². The standard InChI is InChI=1S/C39H29BO/c1-24-16-18-35-38(20-24)41-39-21-25(2)17-19-36(39)40(35)37-23-34-32-15-9-7-13-30(32)28-11-5-4-10-27(28)29-12-6-8-14-31(29)33(34)22-26(37)3/h4-23H,1-3H3. The molecule has 2 heteroatoms. The first kappa shape index (κ1) is 24.0. The Kier molecular flexibility index (Phi) is 5.34. The van der Waals surface area contributed by atoms with Gasteiger partial charge in [0.2, 0.25) is 0 Å². The molecule has 0 radical (unpaired) electrons. The van der Waals surface area contributed by atoms with E-state index < -0.39 is 0 Å². The fraction of sp³-hybridized carbons (Fsp3) is 0.0769. The molecule has 0 amide bonds. The molecule has 0 N–H and O–H groups in total. The Morgan fingerprint density at radius 1 is 0.390 bits per heavy atom. The average Bonchev–Trinajstić information content (AvgIpc) is 2.99. The Morgan fingerprint density at radius 2 is 0.780 bits per heavy atom. The summed E-state index contributed by atoms with van der Waals surface area (Å²) < 4.78 is 6.52. The van der Waals surface area contributed by atoms with Gasteiger partial charge in [0.15, 0.2) is 0 Å². The molecule has 2 aliphatic rings.